The summed E-state index contributed by atoms with van der Waals surface area (Å²) in [6.07, 6.45) is 2.14. The SMILES string of the molecule is CCCc1cc(C(=O)N2CCN(CC(=O)N(CC)CC)CC2)sc1C. The molecule has 0 aliphatic carbocycles. The summed E-state index contributed by atoms with van der Waals surface area (Å²) in [4.78, 5) is 33.0. The van der Waals surface area contributed by atoms with Crippen LogP contribution in [0, 0.1) is 6.92 Å². The van der Waals surface area contributed by atoms with Crippen LogP contribution < -0.4 is 0 Å². The van der Waals surface area contributed by atoms with E-state index in [4.69, 9.17) is 0 Å². The monoisotopic (exact) mass is 365 g/mol. The summed E-state index contributed by atoms with van der Waals surface area (Å²) in [5, 5.41) is 0. The Bertz CT molecular complexity index is 587. The summed E-state index contributed by atoms with van der Waals surface area (Å²) in [5.41, 5.74) is 1.30. The minimum absolute atomic E-state index is 0.144. The molecule has 1 saturated heterocycles. The predicted octanol–water partition coefficient (Wildman–Crippen LogP) is 2.64. The molecular weight excluding hydrogens is 334 g/mol. The molecule has 1 aromatic rings. The molecule has 0 saturated carbocycles. The van der Waals surface area contributed by atoms with E-state index in [2.05, 4.69) is 24.8 Å². The van der Waals surface area contributed by atoms with E-state index in [0.29, 0.717) is 19.6 Å². The van der Waals surface area contributed by atoms with Crippen molar-refractivity contribution in [3.05, 3.63) is 21.4 Å². The molecule has 2 amide bonds. The Balaban J connectivity index is 1.88. The van der Waals surface area contributed by atoms with E-state index in [1.807, 2.05) is 23.6 Å². The maximum atomic E-state index is 12.7. The highest BCUT2D eigenvalue weighted by Crippen LogP contribution is 2.24. The highest BCUT2D eigenvalue weighted by Gasteiger charge is 2.25. The van der Waals surface area contributed by atoms with Crippen molar-refractivity contribution < 1.29 is 9.59 Å². The standard InChI is InChI=1S/C19H31N3O2S/c1-5-8-16-13-17(25-15(16)4)19(24)22-11-9-20(10-12-22)14-18(23)21(6-2)7-3/h13H,5-12,14H2,1-4H3. The number of likely N-dealkylation sites (N-methyl/N-ethyl adjacent to an activating group) is 1. The Morgan fingerprint density at radius 2 is 1.76 bits per heavy atom. The van der Waals surface area contributed by atoms with E-state index >= 15 is 0 Å². The first-order chi connectivity index (χ1) is 12.0. The maximum absolute atomic E-state index is 12.7. The van der Waals surface area contributed by atoms with Crippen LogP contribution in [-0.2, 0) is 11.2 Å². The van der Waals surface area contributed by atoms with Gasteiger partial charge >= 0.3 is 0 Å². The number of carbonyl (C=O) groups is 2. The number of hydrogen-bond donors (Lipinski definition) is 0. The molecule has 2 rings (SSSR count). The van der Waals surface area contributed by atoms with Crippen molar-refractivity contribution in [1.29, 1.82) is 0 Å². The Hall–Kier alpha value is -1.40. The number of rotatable bonds is 7. The normalized spacial score (nSPS) is 15.4. The second-order valence-electron chi connectivity index (χ2n) is 6.58. The minimum Gasteiger partial charge on any atom is -0.342 e. The van der Waals surface area contributed by atoms with Crippen molar-refractivity contribution in [3.8, 4) is 0 Å². The van der Waals surface area contributed by atoms with Crippen LogP contribution in [0.1, 0.15) is 47.3 Å². The topological polar surface area (TPSA) is 43.9 Å². The smallest absolute Gasteiger partial charge is 0.264 e. The number of aryl methyl sites for hydroxylation is 2. The largest absolute Gasteiger partial charge is 0.342 e. The summed E-state index contributed by atoms with van der Waals surface area (Å²) in [5.74, 6) is 0.327. The van der Waals surface area contributed by atoms with Crippen LogP contribution in [0.2, 0.25) is 0 Å². The zero-order chi connectivity index (χ0) is 18.4. The van der Waals surface area contributed by atoms with Crippen molar-refractivity contribution >= 4 is 23.2 Å². The van der Waals surface area contributed by atoms with Gasteiger partial charge in [0.1, 0.15) is 0 Å². The van der Waals surface area contributed by atoms with Gasteiger partial charge < -0.3 is 9.80 Å². The van der Waals surface area contributed by atoms with Crippen LogP contribution in [0.15, 0.2) is 6.07 Å². The first-order valence-corrected chi connectivity index (χ1v) is 10.2. The van der Waals surface area contributed by atoms with E-state index < -0.39 is 0 Å². The Labute approximate surface area is 155 Å². The molecule has 5 nitrogen and oxygen atoms in total. The molecule has 0 aromatic carbocycles. The fourth-order valence-electron chi connectivity index (χ4n) is 3.28. The van der Waals surface area contributed by atoms with E-state index in [9.17, 15) is 9.59 Å². The van der Waals surface area contributed by atoms with Crippen LogP contribution in [0.5, 0.6) is 0 Å². The molecule has 140 valence electrons. The van der Waals surface area contributed by atoms with Crippen LogP contribution in [0.25, 0.3) is 0 Å². The maximum Gasteiger partial charge on any atom is 0.264 e. The summed E-state index contributed by atoms with van der Waals surface area (Å²) < 4.78 is 0. The third-order valence-corrected chi connectivity index (χ3v) is 5.97. The zero-order valence-corrected chi connectivity index (χ0v) is 16.8. The number of piperazine rings is 1. The zero-order valence-electron chi connectivity index (χ0n) is 16.0. The molecule has 6 heteroatoms. The first-order valence-electron chi connectivity index (χ1n) is 9.38. The van der Waals surface area contributed by atoms with E-state index in [1.54, 1.807) is 11.3 Å². The lowest BCUT2D eigenvalue weighted by atomic mass is 10.1. The van der Waals surface area contributed by atoms with Gasteiger partial charge in [-0.2, -0.15) is 0 Å². The van der Waals surface area contributed by atoms with Crippen molar-refractivity contribution in [3.63, 3.8) is 0 Å². The predicted molar refractivity (Wildman–Crippen MR) is 103 cm³/mol. The van der Waals surface area contributed by atoms with Crippen LogP contribution in [0.4, 0.5) is 0 Å². The molecule has 0 unspecified atom stereocenters. The van der Waals surface area contributed by atoms with E-state index in [0.717, 1.165) is 43.9 Å². The van der Waals surface area contributed by atoms with Gasteiger partial charge in [0.2, 0.25) is 5.91 Å². The van der Waals surface area contributed by atoms with Gasteiger partial charge in [0.25, 0.3) is 5.91 Å². The van der Waals surface area contributed by atoms with Crippen molar-refractivity contribution in [1.82, 2.24) is 14.7 Å². The van der Waals surface area contributed by atoms with Crippen LogP contribution >= 0.6 is 11.3 Å². The molecule has 0 bridgehead atoms. The number of thiophene rings is 1. The van der Waals surface area contributed by atoms with Gasteiger partial charge in [0.05, 0.1) is 11.4 Å². The highest BCUT2D eigenvalue weighted by atomic mass is 32.1. The average molecular weight is 366 g/mol. The number of hydrogen-bond acceptors (Lipinski definition) is 4. The van der Waals surface area contributed by atoms with Crippen molar-refractivity contribution in [2.75, 3.05) is 45.8 Å². The lowest BCUT2D eigenvalue weighted by Gasteiger charge is -2.35. The lowest BCUT2D eigenvalue weighted by molar-refractivity contribution is -0.132. The van der Waals surface area contributed by atoms with Gasteiger partial charge in [-0.1, -0.05) is 13.3 Å². The van der Waals surface area contributed by atoms with Gasteiger partial charge in [-0.3, -0.25) is 14.5 Å². The Morgan fingerprint density at radius 1 is 1.12 bits per heavy atom. The molecule has 2 heterocycles. The minimum atomic E-state index is 0.144. The fourth-order valence-corrected chi connectivity index (χ4v) is 4.31. The average Bonchev–Trinajstić information content (AvgIpc) is 2.97. The van der Waals surface area contributed by atoms with Crippen molar-refractivity contribution in [2.24, 2.45) is 0 Å². The molecule has 0 radical (unpaired) electrons. The second-order valence-corrected chi connectivity index (χ2v) is 7.83. The van der Waals surface area contributed by atoms with Crippen molar-refractivity contribution in [2.45, 2.75) is 40.5 Å². The van der Waals surface area contributed by atoms with Gasteiger partial charge in [-0.25, -0.2) is 0 Å². The van der Waals surface area contributed by atoms with Crippen LogP contribution in [0.3, 0.4) is 0 Å². The lowest BCUT2D eigenvalue weighted by Crippen LogP contribution is -2.51. The third kappa shape index (κ3) is 5.05. The van der Waals surface area contributed by atoms with Gasteiger partial charge in [0.15, 0.2) is 0 Å². The van der Waals surface area contributed by atoms with Gasteiger partial charge in [-0.15, -0.1) is 11.3 Å². The molecule has 0 N–H and O–H groups in total. The molecule has 1 aromatic heterocycles. The third-order valence-electron chi connectivity index (χ3n) is 4.89. The number of carbonyl (C=O) groups excluding carboxylic acids is 2. The molecule has 0 atom stereocenters. The molecular formula is C19H31N3O2S. The molecule has 1 fully saturated rings. The highest BCUT2D eigenvalue weighted by molar-refractivity contribution is 7.14. The second kappa shape index (κ2) is 9.34. The van der Waals surface area contributed by atoms with E-state index in [1.165, 1.54) is 10.4 Å². The number of nitrogens with zero attached hydrogens (tertiary/aromatic N) is 3. The number of amides is 2. The molecule has 1 aliphatic rings. The summed E-state index contributed by atoms with van der Waals surface area (Å²) >= 11 is 1.61. The molecule has 25 heavy (non-hydrogen) atoms. The fraction of sp³-hybridized carbons (Fsp3) is 0.684. The summed E-state index contributed by atoms with van der Waals surface area (Å²) in [6.45, 7) is 13.2. The van der Waals surface area contributed by atoms with Gasteiger partial charge in [0, 0.05) is 44.1 Å². The summed E-state index contributed by atoms with van der Waals surface area (Å²) in [7, 11) is 0. The Morgan fingerprint density at radius 3 is 2.32 bits per heavy atom. The van der Waals surface area contributed by atoms with Crippen LogP contribution in [-0.4, -0.2) is 72.3 Å². The molecule has 1 aliphatic heterocycles. The Kier molecular flexibility index (Phi) is 7.44. The van der Waals surface area contributed by atoms with E-state index in [-0.39, 0.29) is 11.8 Å². The molecule has 0 spiro atoms. The first kappa shape index (κ1) is 19.9. The van der Waals surface area contributed by atoms with Gasteiger partial charge in [-0.05, 0) is 38.8 Å². The quantitative estimate of drug-likeness (QED) is 0.746. The summed E-state index contributed by atoms with van der Waals surface area (Å²) in [6, 6.07) is 2.07.